The summed E-state index contributed by atoms with van der Waals surface area (Å²) in [5, 5.41) is 10.6. The number of halogens is 1. The van der Waals surface area contributed by atoms with E-state index in [0.717, 1.165) is 31.0 Å². The number of hydrogen-bond acceptors (Lipinski definition) is 4. The number of nitrogens with zero attached hydrogens (tertiary/aromatic N) is 2. The molecule has 3 rings (SSSR count). The fourth-order valence-corrected chi connectivity index (χ4v) is 2.18. The molecule has 0 spiro atoms. The van der Waals surface area contributed by atoms with E-state index in [4.69, 9.17) is 16.0 Å². The van der Waals surface area contributed by atoms with Gasteiger partial charge >= 0.3 is 0 Å². The summed E-state index contributed by atoms with van der Waals surface area (Å²) < 4.78 is 6.99. The fraction of sp³-hybridized carbons (Fsp3) is 0.333. The van der Waals surface area contributed by atoms with Crippen LogP contribution in [0.5, 0.6) is 0 Å². The van der Waals surface area contributed by atoms with Crippen molar-refractivity contribution in [3.63, 3.8) is 0 Å². The van der Waals surface area contributed by atoms with Crippen molar-refractivity contribution in [3.8, 4) is 0 Å². The van der Waals surface area contributed by atoms with E-state index < -0.39 is 0 Å². The number of rotatable bonds is 3. The summed E-state index contributed by atoms with van der Waals surface area (Å²) in [6.07, 6.45) is 0. The number of amides is 1. The molecule has 2 aromatic rings. The largest absolute Gasteiger partial charge is 0.440 e. The van der Waals surface area contributed by atoms with Crippen LogP contribution >= 0.6 is 11.6 Å². The predicted molar refractivity (Wildman–Crippen MR) is 68.8 cm³/mol. The number of furan rings is 1. The highest BCUT2D eigenvalue weighted by atomic mass is 35.5. The van der Waals surface area contributed by atoms with E-state index in [9.17, 15) is 4.79 Å². The zero-order chi connectivity index (χ0) is 13.2. The van der Waals surface area contributed by atoms with Crippen LogP contribution in [0.25, 0.3) is 0 Å². The SMILES string of the molecule is O=C(NCc1cc2n(n1)CCNC2)c1ccc(Cl)o1. The maximum absolute atomic E-state index is 11.8. The summed E-state index contributed by atoms with van der Waals surface area (Å²) in [7, 11) is 0. The Balaban J connectivity index is 1.63. The lowest BCUT2D eigenvalue weighted by Gasteiger charge is -2.13. The molecule has 1 aliphatic heterocycles. The number of fused-ring (bicyclic) bond motifs is 1. The van der Waals surface area contributed by atoms with Crippen molar-refractivity contribution in [1.82, 2.24) is 20.4 Å². The van der Waals surface area contributed by atoms with Gasteiger partial charge in [0.05, 0.1) is 24.5 Å². The smallest absolute Gasteiger partial charge is 0.287 e. The number of carbonyl (C=O) groups excluding carboxylic acids is 1. The van der Waals surface area contributed by atoms with Crippen LogP contribution in [-0.4, -0.2) is 22.2 Å². The Labute approximate surface area is 114 Å². The first kappa shape index (κ1) is 12.3. The minimum absolute atomic E-state index is 0.202. The minimum Gasteiger partial charge on any atom is -0.440 e. The van der Waals surface area contributed by atoms with Gasteiger partial charge in [-0.1, -0.05) is 0 Å². The molecular formula is C12H13ClN4O2. The number of hydrogen-bond donors (Lipinski definition) is 2. The van der Waals surface area contributed by atoms with Crippen molar-refractivity contribution in [1.29, 1.82) is 0 Å². The van der Waals surface area contributed by atoms with E-state index in [0.29, 0.717) is 6.54 Å². The molecule has 0 radical (unpaired) electrons. The van der Waals surface area contributed by atoms with E-state index in [1.54, 1.807) is 6.07 Å². The molecule has 0 saturated heterocycles. The topological polar surface area (TPSA) is 72.1 Å². The third kappa shape index (κ3) is 2.64. The Kier molecular flexibility index (Phi) is 3.27. The number of aromatic nitrogens is 2. The molecular weight excluding hydrogens is 268 g/mol. The lowest BCUT2D eigenvalue weighted by Crippen LogP contribution is -2.28. The highest BCUT2D eigenvalue weighted by molar-refractivity contribution is 6.29. The van der Waals surface area contributed by atoms with Crippen molar-refractivity contribution in [2.45, 2.75) is 19.6 Å². The molecule has 2 aromatic heterocycles. The summed E-state index contributed by atoms with van der Waals surface area (Å²) in [6, 6.07) is 5.07. The van der Waals surface area contributed by atoms with Crippen LogP contribution < -0.4 is 10.6 Å². The average Bonchev–Trinajstić information content (AvgIpc) is 3.01. The van der Waals surface area contributed by atoms with E-state index in [1.165, 1.54) is 6.07 Å². The van der Waals surface area contributed by atoms with E-state index in [2.05, 4.69) is 15.7 Å². The second kappa shape index (κ2) is 5.07. The van der Waals surface area contributed by atoms with Crippen molar-refractivity contribution < 1.29 is 9.21 Å². The van der Waals surface area contributed by atoms with Crippen LogP contribution in [0.3, 0.4) is 0 Å². The standard InChI is InChI=1S/C12H13ClN4O2/c13-11-2-1-10(19-11)12(18)15-6-8-5-9-7-14-3-4-17(9)16-8/h1-2,5,14H,3-4,6-7H2,(H,15,18). The van der Waals surface area contributed by atoms with Gasteiger partial charge in [-0.3, -0.25) is 9.48 Å². The van der Waals surface area contributed by atoms with Crippen molar-refractivity contribution in [2.24, 2.45) is 0 Å². The van der Waals surface area contributed by atoms with Crippen molar-refractivity contribution in [3.05, 3.63) is 40.6 Å². The van der Waals surface area contributed by atoms with Gasteiger partial charge in [-0.15, -0.1) is 0 Å². The van der Waals surface area contributed by atoms with E-state index in [-0.39, 0.29) is 16.9 Å². The maximum atomic E-state index is 11.8. The Bertz CT molecular complexity index is 581. The monoisotopic (exact) mass is 280 g/mol. The van der Waals surface area contributed by atoms with Gasteiger partial charge < -0.3 is 15.1 Å². The Morgan fingerprint density at radius 1 is 1.58 bits per heavy atom. The Morgan fingerprint density at radius 2 is 2.47 bits per heavy atom. The first-order valence-electron chi connectivity index (χ1n) is 6.02. The lowest BCUT2D eigenvalue weighted by atomic mass is 10.3. The van der Waals surface area contributed by atoms with Gasteiger partial charge in [-0.2, -0.15) is 5.10 Å². The van der Waals surface area contributed by atoms with Gasteiger partial charge in [-0.25, -0.2) is 0 Å². The number of nitrogens with one attached hydrogen (secondary N) is 2. The fourth-order valence-electron chi connectivity index (χ4n) is 2.03. The first-order chi connectivity index (χ1) is 9.22. The molecule has 3 heterocycles. The third-order valence-corrected chi connectivity index (χ3v) is 3.15. The third-order valence-electron chi connectivity index (χ3n) is 2.95. The maximum Gasteiger partial charge on any atom is 0.287 e. The van der Waals surface area contributed by atoms with E-state index in [1.807, 2.05) is 10.7 Å². The predicted octanol–water partition coefficient (Wildman–Crippen LogP) is 1.16. The second-order valence-corrected chi connectivity index (χ2v) is 4.69. The van der Waals surface area contributed by atoms with Crippen LogP contribution in [0.4, 0.5) is 0 Å². The van der Waals surface area contributed by atoms with Gasteiger partial charge in [0.2, 0.25) is 0 Å². The van der Waals surface area contributed by atoms with Crippen LogP contribution in [-0.2, 0) is 19.6 Å². The lowest BCUT2D eigenvalue weighted by molar-refractivity contribution is 0.0922. The van der Waals surface area contributed by atoms with Gasteiger partial charge in [0, 0.05) is 13.1 Å². The summed E-state index contributed by atoms with van der Waals surface area (Å²) in [5.41, 5.74) is 1.97. The molecule has 7 heteroatoms. The molecule has 0 aromatic carbocycles. The summed E-state index contributed by atoms with van der Waals surface area (Å²) >= 11 is 5.62. The van der Waals surface area contributed by atoms with Crippen LogP contribution in [0.1, 0.15) is 21.9 Å². The van der Waals surface area contributed by atoms with Gasteiger partial charge in [0.1, 0.15) is 0 Å². The van der Waals surface area contributed by atoms with Crippen LogP contribution in [0.2, 0.25) is 5.22 Å². The molecule has 1 amide bonds. The molecule has 19 heavy (non-hydrogen) atoms. The van der Waals surface area contributed by atoms with Crippen molar-refractivity contribution in [2.75, 3.05) is 6.54 Å². The van der Waals surface area contributed by atoms with E-state index >= 15 is 0 Å². The molecule has 0 atom stereocenters. The van der Waals surface area contributed by atoms with Gasteiger partial charge in [-0.05, 0) is 29.8 Å². The molecule has 0 unspecified atom stereocenters. The van der Waals surface area contributed by atoms with Crippen LogP contribution in [0, 0.1) is 0 Å². The Morgan fingerprint density at radius 3 is 3.21 bits per heavy atom. The van der Waals surface area contributed by atoms with Gasteiger partial charge in [0.15, 0.2) is 11.0 Å². The summed E-state index contributed by atoms with van der Waals surface area (Å²) in [4.78, 5) is 11.8. The molecule has 1 aliphatic rings. The Hall–Kier alpha value is -1.79. The second-order valence-electron chi connectivity index (χ2n) is 4.31. The van der Waals surface area contributed by atoms with Crippen LogP contribution in [0.15, 0.2) is 22.6 Å². The zero-order valence-corrected chi connectivity index (χ0v) is 10.9. The molecule has 0 fully saturated rings. The quantitative estimate of drug-likeness (QED) is 0.885. The summed E-state index contributed by atoms with van der Waals surface area (Å²) in [5.74, 6) is -0.0911. The molecule has 2 N–H and O–H groups in total. The molecule has 0 aliphatic carbocycles. The highest BCUT2D eigenvalue weighted by Gasteiger charge is 2.14. The molecule has 100 valence electrons. The van der Waals surface area contributed by atoms with Gasteiger partial charge in [0.25, 0.3) is 5.91 Å². The highest BCUT2D eigenvalue weighted by Crippen LogP contribution is 2.13. The first-order valence-corrected chi connectivity index (χ1v) is 6.40. The minimum atomic E-state index is -0.295. The molecule has 6 nitrogen and oxygen atoms in total. The van der Waals surface area contributed by atoms with Crippen molar-refractivity contribution >= 4 is 17.5 Å². The zero-order valence-electron chi connectivity index (χ0n) is 10.1. The number of carbonyl (C=O) groups is 1. The average molecular weight is 281 g/mol. The normalized spacial score (nSPS) is 14.2. The molecule has 0 saturated carbocycles. The summed E-state index contributed by atoms with van der Waals surface area (Å²) in [6.45, 7) is 2.97. The molecule has 0 bridgehead atoms.